The van der Waals surface area contributed by atoms with Gasteiger partial charge in [-0.3, -0.25) is 14.4 Å². The summed E-state index contributed by atoms with van der Waals surface area (Å²) in [4.78, 5) is 35.4. The maximum absolute atomic E-state index is 12.5. The molecule has 0 bridgehead atoms. The number of rotatable bonds is 29. The molecule has 0 aliphatic heterocycles. The Balaban J connectivity index is 2.06. The Morgan fingerprint density at radius 1 is 0.625 bits per heavy atom. The van der Waals surface area contributed by atoms with Crippen molar-refractivity contribution in [2.75, 3.05) is 37.3 Å². The zero-order valence-electron chi connectivity index (χ0n) is 26.2. The highest BCUT2D eigenvalue weighted by atomic mass is 16.5. The number of unbranched alkanes of at least 4 members (excludes halogenated alkanes) is 14. The van der Waals surface area contributed by atoms with Crippen LogP contribution in [0.15, 0.2) is 9.59 Å². The first-order valence-electron chi connectivity index (χ1n) is 16.7. The van der Waals surface area contributed by atoms with Crippen LogP contribution in [0, 0.1) is 0 Å². The van der Waals surface area contributed by atoms with Gasteiger partial charge in [0.2, 0.25) is 0 Å². The number of esters is 1. The number of hydrogen-bond acceptors (Lipinski definition) is 7. The molecule has 40 heavy (non-hydrogen) atoms. The molecule has 0 radical (unpaired) electrons. The smallest absolute Gasteiger partial charge is 0.306 e. The highest BCUT2D eigenvalue weighted by Gasteiger charge is 2.18. The average molecular weight is 564 g/mol. The molecule has 0 amide bonds. The number of anilines is 2. The fourth-order valence-electron chi connectivity index (χ4n) is 5.21. The van der Waals surface area contributed by atoms with Gasteiger partial charge in [0.1, 0.15) is 17.5 Å². The van der Waals surface area contributed by atoms with E-state index in [1.54, 1.807) is 7.05 Å². The minimum Gasteiger partial charge on any atom is -0.462 e. The van der Waals surface area contributed by atoms with Crippen molar-refractivity contribution < 1.29 is 9.53 Å². The van der Waals surface area contributed by atoms with Crippen molar-refractivity contribution >= 4 is 17.3 Å². The van der Waals surface area contributed by atoms with Gasteiger partial charge in [0.05, 0.1) is 0 Å². The normalized spacial score (nSPS) is 11.4. The second-order valence-electron chi connectivity index (χ2n) is 11.4. The molecule has 0 aliphatic carbocycles. The molecule has 0 aliphatic rings. The third kappa shape index (κ3) is 17.0. The van der Waals surface area contributed by atoms with E-state index in [4.69, 9.17) is 4.74 Å². The van der Waals surface area contributed by atoms with Gasteiger partial charge in [-0.25, -0.2) is 0 Å². The Morgan fingerprint density at radius 3 is 1.73 bits per heavy atom. The first kappa shape index (κ1) is 36.1. The molecule has 7 nitrogen and oxygen atoms in total. The molecule has 0 unspecified atom stereocenters. The summed E-state index contributed by atoms with van der Waals surface area (Å²) in [6, 6.07) is 0. The van der Waals surface area contributed by atoms with Crippen molar-refractivity contribution in [2.24, 2.45) is 0 Å². The van der Waals surface area contributed by atoms with Crippen LogP contribution in [0.2, 0.25) is 0 Å². The van der Waals surface area contributed by atoms with Crippen LogP contribution >= 0.6 is 0 Å². The molecule has 0 aromatic heterocycles. The van der Waals surface area contributed by atoms with Crippen molar-refractivity contribution in [3.63, 3.8) is 0 Å². The first-order valence-corrected chi connectivity index (χ1v) is 16.7. The Hall–Kier alpha value is -1.89. The Bertz CT molecular complexity index is 803. The van der Waals surface area contributed by atoms with Gasteiger partial charge in [-0.05, 0) is 58.0 Å². The van der Waals surface area contributed by atoms with Gasteiger partial charge >= 0.3 is 5.97 Å². The van der Waals surface area contributed by atoms with E-state index in [1.165, 1.54) is 77.0 Å². The largest absolute Gasteiger partial charge is 0.462 e. The monoisotopic (exact) mass is 563 g/mol. The predicted molar refractivity (Wildman–Crippen MR) is 170 cm³/mol. The van der Waals surface area contributed by atoms with E-state index in [1.807, 2.05) is 0 Å². The molecule has 7 heteroatoms. The number of nitrogens with one attached hydrogen (secondary N) is 3. The van der Waals surface area contributed by atoms with Crippen molar-refractivity contribution in [1.29, 1.82) is 0 Å². The zero-order valence-corrected chi connectivity index (χ0v) is 26.2. The summed E-state index contributed by atoms with van der Waals surface area (Å²) in [5.41, 5.74) is -0.0437. The van der Waals surface area contributed by atoms with Gasteiger partial charge in [-0.1, -0.05) is 97.3 Å². The molecule has 0 saturated carbocycles. The highest BCUT2D eigenvalue weighted by Crippen LogP contribution is 2.18. The number of ether oxygens (including phenoxy) is 1. The Kier molecular flexibility index (Phi) is 22.5. The summed E-state index contributed by atoms with van der Waals surface area (Å²) in [6.45, 7) is 7.02. The molecule has 232 valence electrons. The van der Waals surface area contributed by atoms with Crippen LogP contribution in [0.3, 0.4) is 0 Å². The quantitative estimate of drug-likeness (QED) is 0.0528. The van der Waals surface area contributed by atoms with Crippen molar-refractivity contribution in [1.82, 2.24) is 5.32 Å². The topological polar surface area (TPSA) is 96.5 Å². The lowest BCUT2D eigenvalue weighted by atomic mass is 10.0. The molecule has 0 fully saturated rings. The van der Waals surface area contributed by atoms with Gasteiger partial charge in [-0.15, -0.1) is 0 Å². The Labute approximate surface area is 244 Å². The van der Waals surface area contributed by atoms with Crippen LogP contribution in [0.25, 0.3) is 0 Å². The SMILES string of the molecule is CCCCCCCCC(CCCCCCCC)OC(=O)CCCCCCCNCCCNc1c(NC)c(=O)c1=O. The molecule has 1 aromatic rings. The molecular formula is C33H61N3O4. The van der Waals surface area contributed by atoms with Gasteiger partial charge in [-0.2, -0.15) is 0 Å². The summed E-state index contributed by atoms with van der Waals surface area (Å²) in [5.74, 6) is 0.00260. The summed E-state index contributed by atoms with van der Waals surface area (Å²) in [6.07, 6.45) is 24.4. The zero-order chi connectivity index (χ0) is 29.3. The summed E-state index contributed by atoms with van der Waals surface area (Å²) in [5, 5.41) is 9.26. The van der Waals surface area contributed by atoms with E-state index < -0.39 is 10.9 Å². The molecule has 1 rings (SSSR count). The molecule has 0 atom stereocenters. The number of carbonyl (C=O) groups is 1. The van der Waals surface area contributed by atoms with Gasteiger partial charge in [0, 0.05) is 20.0 Å². The van der Waals surface area contributed by atoms with Gasteiger partial charge < -0.3 is 20.7 Å². The summed E-state index contributed by atoms with van der Waals surface area (Å²) >= 11 is 0. The predicted octanol–water partition coefficient (Wildman–Crippen LogP) is 7.47. The van der Waals surface area contributed by atoms with Crippen LogP contribution in [0.4, 0.5) is 11.4 Å². The molecular weight excluding hydrogens is 502 g/mol. The molecule has 1 aromatic carbocycles. The van der Waals surface area contributed by atoms with Crippen molar-refractivity contribution in [3.05, 3.63) is 20.4 Å². The minimum atomic E-state index is -0.434. The number of carbonyl (C=O) groups excluding carboxylic acids is 1. The number of hydrogen-bond donors (Lipinski definition) is 3. The van der Waals surface area contributed by atoms with E-state index in [9.17, 15) is 14.4 Å². The molecule has 0 heterocycles. The fourth-order valence-corrected chi connectivity index (χ4v) is 5.21. The standard InChI is InChI=1S/C33H61N3O4/c1-4-6-8-10-13-17-22-28(23-18-14-11-9-7-5-2)40-29(37)24-19-15-12-16-20-25-35-26-21-27-36-31-30(34-3)32(38)33(31)39/h28,34-36H,4-27H2,1-3H3. The van der Waals surface area contributed by atoms with Crippen LogP contribution in [-0.4, -0.2) is 38.8 Å². The first-order chi connectivity index (χ1) is 19.5. The van der Waals surface area contributed by atoms with Gasteiger partial charge in [0.25, 0.3) is 10.9 Å². The molecule has 0 saturated heterocycles. The van der Waals surface area contributed by atoms with E-state index in [-0.39, 0.29) is 12.1 Å². The lowest BCUT2D eigenvalue weighted by Crippen LogP contribution is -2.37. The maximum atomic E-state index is 12.5. The maximum Gasteiger partial charge on any atom is 0.306 e. The third-order valence-corrected chi connectivity index (χ3v) is 7.78. The average Bonchev–Trinajstić information content (AvgIpc) is 2.95. The van der Waals surface area contributed by atoms with E-state index in [0.717, 1.165) is 64.5 Å². The van der Waals surface area contributed by atoms with E-state index in [2.05, 4.69) is 29.8 Å². The van der Waals surface area contributed by atoms with Crippen LogP contribution < -0.4 is 26.8 Å². The summed E-state index contributed by atoms with van der Waals surface area (Å²) in [7, 11) is 1.65. The Morgan fingerprint density at radius 2 is 1.12 bits per heavy atom. The molecule has 0 spiro atoms. The van der Waals surface area contributed by atoms with Gasteiger partial charge in [0.15, 0.2) is 0 Å². The lowest BCUT2D eigenvalue weighted by Gasteiger charge is -2.18. The fraction of sp³-hybridized carbons (Fsp3) is 0.848. The second-order valence-corrected chi connectivity index (χ2v) is 11.4. The van der Waals surface area contributed by atoms with Crippen LogP contribution in [0.1, 0.15) is 149 Å². The van der Waals surface area contributed by atoms with Crippen molar-refractivity contribution in [2.45, 2.75) is 155 Å². The molecule has 3 N–H and O–H groups in total. The summed E-state index contributed by atoms with van der Waals surface area (Å²) < 4.78 is 5.95. The van der Waals surface area contributed by atoms with Crippen LogP contribution in [-0.2, 0) is 9.53 Å². The van der Waals surface area contributed by atoms with Crippen LogP contribution in [0.5, 0.6) is 0 Å². The third-order valence-electron chi connectivity index (χ3n) is 7.78. The second kappa shape index (κ2) is 24.9. The van der Waals surface area contributed by atoms with Crippen molar-refractivity contribution in [3.8, 4) is 0 Å². The lowest BCUT2D eigenvalue weighted by molar-refractivity contribution is -0.150. The van der Waals surface area contributed by atoms with E-state index >= 15 is 0 Å². The minimum absolute atomic E-state index is 0.00260. The highest BCUT2D eigenvalue weighted by molar-refractivity contribution is 5.73. The van der Waals surface area contributed by atoms with E-state index in [0.29, 0.717) is 24.3 Å².